The number of hydrogen-bond donors (Lipinski definition) is 1. The van der Waals surface area contributed by atoms with E-state index in [2.05, 4.69) is 19.2 Å². The predicted molar refractivity (Wildman–Crippen MR) is 72.3 cm³/mol. The lowest BCUT2D eigenvalue weighted by Gasteiger charge is -2.20. The van der Waals surface area contributed by atoms with Gasteiger partial charge in [0.1, 0.15) is 0 Å². The Morgan fingerprint density at radius 3 is 2.44 bits per heavy atom. The fourth-order valence-corrected chi connectivity index (χ4v) is 2.03. The van der Waals surface area contributed by atoms with E-state index in [4.69, 9.17) is 23.2 Å². The van der Waals surface area contributed by atoms with Crippen LogP contribution in [0.4, 0.5) is 0 Å². The van der Waals surface area contributed by atoms with Crippen molar-refractivity contribution in [2.75, 3.05) is 7.05 Å². The smallest absolute Gasteiger partial charge is 0.0595 e. The fourth-order valence-electron chi connectivity index (χ4n) is 1.72. The molecule has 1 aromatic carbocycles. The van der Waals surface area contributed by atoms with Crippen LogP contribution in [0.5, 0.6) is 0 Å². The Labute approximate surface area is 108 Å². The highest BCUT2D eigenvalue weighted by Gasteiger charge is 2.13. The third-order valence-corrected chi connectivity index (χ3v) is 3.77. The van der Waals surface area contributed by atoms with Gasteiger partial charge in [-0.3, -0.25) is 0 Å². The summed E-state index contributed by atoms with van der Waals surface area (Å²) in [7, 11) is 1.98. The van der Waals surface area contributed by atoms with Crippen LogP contribution >= 0.6 is 23.2 Å². The first-order valence-corrected chi connectivity index (χ1v) is 6.46. The first kappa shape index (κ1) is 13.8. The van der Waals surface area contributed by atoms with Crippen LogP contribution in [0.2, 0.25) is 10.0 Å². The normalized spacial score (nSPS) is 14.8. The second-order valence-electron chi connectivity index (χ2n) is 4.26. The average molecular weight is 260 g/mol. The van der Waals surface area contributed by atoms with E-state index < -0.39 is 0 Å². The van der Waals surface area contributed by atoms with Crippen LogP contribution < -0.4 is 5.32 Å². The van der Waals surface area contributed by atoms with Gasteiger partial charge in [0.05, 0.1) is 10.0 Å². The molecule has 0 aliphatic rings. The molecule has 0 bridgehead atoms. The fraction of sp³-hybridized carbons (Fsp3) is 0.538. The summed E-state index contributed by atoms with van der Waals surface area (Å²) in [4.78, 5) is 0. The molecule has 1 aromatic rings. The number of halogens is 2. The van der Waals surface area contributed by atoms with E-state index in [1.165, 1.54) is 12.0 Å². The van der Waals surface area contributed by atoms with E-state index in [9.17, 15) is 0 Å². The third kappa shape index (κ3) is 3.65. The largest absolute Gasteiger partial charge is 0.313 e. The average Bonchev–Trinajstić information content (AvgIpc) is 2.29. The second-order valence-corrected chi connectivity index (χ2v) is 5.08. The van der Waals surface area contributed by atoms with Crippen molar-refractivity contribution < 1.29 is 0 Å². The van der Waals surface area contributed by atoms with Crippen LogP contribution in [-0.4, -0.2) is 7.05 Å². The van der Waals surface area contributed by atoms with Crippen LogP contribution in [0.15, 0.2) is 18.2 Å². The molecule has 0 spiro atoms. The van der Waals surface area contributed by atoms with Gasteiger partial charge in [-0.2, -0.15) is 0 Å². The van der Waals surface area contributed by atoms with Gasteiger partial charge < -0.3 is 5.32 Å². The van der Waals surface area contributed by atoms with Gasteiger partial charge in [0.2, 0.25) is 0 Å². The summed E-state index contributed by atoms with van der Waals surface area (Å²) >= 11 is 11.9. The zero-order valence-electron chi connectivity index (χ0n) is 10.1. The zero-order valence-corrected chi connectivity index (χ0v) is 11.6. The SMILES string of the molecule is CCC(C)CC(NC)c1ccc(Cl)c(Cl)c1. The Balaban J connectivity index is 2.82. The molecule has 1 N–H and O–H groups in total. The second kappa shape index (κ2) is 6.48. The van der Waals surface area contributed by atoms with E-state index in [1.54, 1.807) is 0 Å². The molecular formula is C13H19Cl2N. The quantitative estimate of drug-likeness (QED) is 0.809. The molecule has 0 aromatic heterocycles. The lowest BCUT2D eigenvalue weighted by Crippen LogP contribution is -2.18. The Hall–Kier alpha value is -0.240. The van der Waals surface area contributed by atoms with Gasteiger partial charge >= 0.3 is 0 Å². The zero-order chi connectivity index (χ0) is 12.1. The summed E-state index contributed by atoms with van der Waals surface area (Å²) in [5.41, 5.74) is 1.21. The molecule has 90 valence electrons. The molecule has 0 heterocycles. The summed E-state index contributed by atoms with van der Waals surface area (Å²) in [6, 6.07) is 6.20. The van der Waals surface area contributed by atoms with Gasteiger partial charge in [0, 0.05) is 6.04 Å². The van der Waals surface area contributed by atoms with Crippen molar-refractivity contribution in [3.05, 3.63) is 33.8 Å². The lowest BCUT2D eigenvalue weighted by molar-refractivity contribution is 0.422. The third-order valence-electron chi connectivity index (χ3n) is 3.03. The van der Waals surface area contributed by atoms with Crippen LogP contribution in [0.25, 0.3) is 0 Å². The predicted octanol–water partition coefficient (Wildman–Crippen LogP) is 4.69. The Morgan fingerprint density at radius 1 is 1.25 bits per heavy atom. The number of benzene rings is 1. The Morgan fingerprint density at radius 2 is 1.94 bits per heavy atom. The molecule has 0 radical (unpaired) electrons. The molecular weight excluding hydrogens is 241 g/mol. The topological polar surface area (TPSA) is 12.0 Å². The molecule has 2 unspecified atom stereocenters. The van der Waals surface area contributed by atoms with Crippen molar-refractivity contribution in [1.82, 2.24) is 5.32 Å². The minimum absolute atomic E-state index is 0.352. The van der Waals surface area contributed by atoms with Gasteiger partial charge in [-0.1, -0.05) is 49.5 Å². The summed E-state index contributed by atoms with van der Waals surface area (Å²) < 4.78 is 0. The highest BCUT2D eigenvalue weighted by atomic mass is 35.5. The summed E-state index contributed by atoms with van der Waals surface area (Å²) in [5.74, 6) is 0.701. The minimum Gasteiger partial charge on any atom is -0.313 e. The number of rotatable bonds is 5. The van der Waals surface area contributed by atoms with E-state index in [1.807, 2.05) is 25.2 Å². The van der Waals surface area contributed by atoms with E-state index in [0.29, 0.717) is 22.0 Å². The molecule has 0 saturated heterocycles. The van der Waals surface area contributed by atoms with Gasteiger partial charge in [-0.05, 0) is 37.1 Å². The summed E-state index contributed by atoms with van der Waals surface area (Å²) in [5, 5.41) is 4.57. The summed E-state index contributed by atoms with van der Waals surface area (Å²) in [6.45, 7) is 4.48. The molecule has 0 fully saturated rings. The maximum atomic E-state index is 6.03. The molecule has 0 saturated carbocycles. The first-order valence-electron chi connectivity index (χ1n) is 5.70. The van der Waals surface area contributed by atoms with Crippen LogP contribution in [0, 0.1) is 5.92 Å². The molecule has 3 heteroatoms. The maximum Gasteiger partial charge on any atom is 0.0595 e. The van der Waals surface area contributed by atoms with Crippen molar-refractivity contribution in [2.24, 2.45) is 5.92 Å². The first-order chi connectivity index (χ1) is 7.58. The lowest BCUT2D eigenvalue weighted by atomic mass is 9.94. The summed E-state index contributed by atoms with van der Waals surface area (Å²) in [6.07, 6.45) is 2.31. The van der Waals surface area contributed by atoms with Crippen LogP contribution in [0.3, 0.4) is 0 Å². The number of nitrogens with one attached hydrogen (secondary N) is 1. The highest BCUT2D eigenvalue weighted by Crippen LogP contribution is 2.28. The maximum absolute atomic E-state index is 6.03. The molecule has 0 aliphatic carbocycles. The molecule has 1 nitrogen and oxygen atoms in total. The van der Waals surface area contributed by atoms with E-state index in [-0.39, 0.29) is 0 Å². The molecule has 0 aliphatic heterocycles. The van der Waals surface area contributed by atoms with E-state index >= 15 is 0 Å². The molecule has 0 amide bonds. The van der Waals surface area contributed by atoms with Crippen molar-refractivity contribution >= 4 is 23.2 Å². The van der Waals surface area contributed by atoms with Crippen molar-refractivity contribution in [1.29, 1.82) is 0 Å². The number of hydrogen-bond acceptors (Lipinski definition) is 1. The van der Waals surface area contributed by atoms with Crippen molar-refractivity contribution in [3.63, 3.8) is 0 Å². The van der Waals surface area contributed by atoms with Gasteiger partial charge in [0.15, 0.2) is 0 Å². The highest BCUT2D eigenvalue weighted by molar-refractivity contribution is 6.42. The van der Waals surface area contributed by atoms with Gasteiger partial charge in [0.25, 0.3) is 0 Å². The van der Waals surface area contributed by atoms with Crippen molar-refractivity contribution in [2.45, 2.75) is 32.7 Å². The van der Waals surface area contributed by atoms with Crippen LogP contribution in [-0.2, 0) is 0 Å². The Kier molecular flexibility index (Phi) is 5.60. The molecule has 1 rings (SSSR count). The monoisotopic (exact) mass is 259 g/mol. The van der Waals surface area contributed by atoms with Crippen molar-refractivity contribution in [3.8, 4) is 0 Å². The van der Waals surface area contributed by atoms with Gasteiger partial charge in [-0.25, -0.2) is 0 Å². The molecule has 16 heavy (non-hydrogen) atoms. The molecule has 2 atom stereocenters. The van der Waals surface area contributed by atoms with Gasteiger partial charge in [-0.15, -0.1) is 0 Å². The Bertz CT molecular complexity index is 339. The standard InChI is InChI=1S/C13H19Cl2N/c1-4-9(2)7-13(16-3)10-5-6-11(14)12(15)8-10/h5-6,8-9,13,16H,4,7H2,1-3H3. The van der Waals surface area contributed by atoms with E-state index in [0.717, 1.165) is 6.42 Å². The minimum atomic E-state index is 0.352. The van der Waals surface area contributed by atoms with Crippen LogP contribution in [0.1, 0.15) is 38.3 Å².